The van der Waals surface area contributed by atoms with Crippen molar-refractivity contribution in [2.75, 3.05) is 19.0 Å². The van der Waals surface area contributed by atoms with Gasteiger partial charge < -0.3 is 14.8 Å². The number of carbonyl (C=O) groups excluding carboxylic acids is 1. The van der Waals surface area contributed by atoms with E-state index in [1.54, 1.807) is 19.2 Å². The number of benzene rings is 2. The number of carbonyl (C=O) groups is 1. The molecule has 0 radical (unpaired) electrons. The first kappa shape index (κ1) is 22.2. The van der Waals surface area contributed by atoms with Crippen molar-refractivity contribution in [1.29, 1.82) is 5.26 Å². The van der Waals surface area contributed by atoms with Gasteiger partial charge in [-0.2, -0.15) is 15.0 Å². The molecule has 0 spiro atoms. The van der Waals surface area contributed by atoms with E-state index in [0.29, 0.717) is 17.1 Å². The highest BCUT2D eigenvalue weighted by Crippen LogP contribution is 2.29. The van der Waals surface area contributed by atoms with E-state index in [9.17, 15) is 20.2 Å². The van der Waals surface area contributed by atoms with E-state index >= 15 is 0 Å². The lowest BCUT2D eigenvalue weighted by atomic mass is 10.1. The number of anilines is 1. The minimum Gasteiger partial charge on any atom is -0.494 e. The molecule has 2 aromatic heterocycles. The van der Waals surface area contributed by atoms with Gasteiger partial charge in [0.15, 0.2) is 18.2 Å². The maximum atomic E-state index is 12.6. The first-order valence-electron chi connectivity index (χ1n) is 10.0. The fraction of sp³-hybridized carbons (Fsp3) is 0.130. The number of fused-ring (bicyclic) bond motifs is 1. The van der Waals surface area contributed by atoms with E-state index in [2.05, 4.69) is 15.4 Å². The van der Waals surface area contributed by atoms with Gasteiger partial charge >= 0.3 is 0 Å². The Hall–Kier alpha value is -4.98. The number of pyridine rings is 1. The van der Waals surface area contributed by atoms with Gasteiger partial charge in [-0.25, -0.2) is 4.98 Å². The van der Waals surface area contributed by atoms with Gasteiger partial charge in [0.1, 0.15) is 28.6 Å². The van der Waals surface area contributed by atoms with Crippen LogP contribution in [0.3, 0.4) is 0 Å². The number of amides is 1. The molecular formula is C23H18N6O5. The number of hydrogen-bond acceptors (Lipinski definition) is 8. The Morgan fingerprint density at radius 3 is 2.71 bits per heavy atom. The molecule has 0 unspecified atom stereocenters. The van der Waals surface area contributed by atoms with Crippen molar-refractivity contribution in [3.63, 3.8) is 0 Å². The first-order chi connectivity index (χ1) is 16.4. The summed E-state index contributed by atoms with van der Waals surface area (Å²) in [6.07, 6.45) is 1.33. The second-order valence-electron chi connectivity index (χ2n) is 7.17. The third kappa shape index (κ3) is 4.33. The van der Waals surface area contributed by atoms with Crippen molar-refractivity contribution in [3.8, 4) is 23.4 Å². The Labute approximate surface area is 193 Å². The van der Waals surface area contributed by atoms with Gasteiger partial charge in [0.2, 0.25) is 0 Å². The quantitative estimate of drug-likeness (QED) is 0.327. The van der Waals surface area contributed by atoms with Gasteiger partial charge in [0.25, 0.3) is 11.6 Å². The fourth-order valence-corrected chi connectivity index (χ4v) is 3.35. The average molecular weight is 458 g/mol. The molecule has 11 nitrogen and oxygen atoms in total. The van der Waals surface area contributed by atoms with Crippen LogP contribution < -0.4 is 14.8 Å². The number of nitro groups is 1. The summed E-state index contributed by atoms with van der Waals surface area (Å²) in [7, 11) is 1.55. The highest BCUT2D eigenvalue weighted by molar-refractivity contribution is 5.93. The van der Waals surface area contributed by atoms with Gasteiger partial charge in [-0.05, 0) is 36.8 Å². The first-order valence-corrected chi connectivity index (χ1v) is 10.0. The predicted molar refractivity (Wildman–Crippen MR) is 122 cm³/mol. The molecule has 0 saturated carbocycles. The van der Waals surface area contributed by atoms with Crippen LogP contribution in [0.15, 0.2) is 54.7 Å². The Kier molecular flexibility index (Phi) is 6.05. The summed E-state index contributed by atoms with van der Waals surface area (Å²) in [4.78, 5) is 27.4. The Morgan fingerprint density at radius 2 is 2.03 bits per heavy atom. The minimum atomic E-state index is -0.549. The normalized spacial score (nSPS) is 10.5. The van der Waals surface area contributed by atoms with Crippen LogP contribution in [0.1, 0.15) is 11.1 Å². The summed E-state index contributed by atoms with van der Waals surface area (Å²) in [6, 6.07) is 14.7. The number of nitro benzene ring substituents is 1. The molecule has 2 aromatic carbocycles. The van der Waals surface area contributed by atoms with Crippen LogP contribution in [-0.2, 0) is 4.79 Å². The summed E-state index contributed by atoms with van der Waals surface area (Å²) < 4.78 is 12.2. The van der Waals surface area contributed by atoms with Crippen LogP contribution >= 0.6 is 0 Å². The van der Waals surface area contributed by atoms with Crippen LogP contribution in [0.4, 0.5) is 11.5 Å². The number of rotatable bonds is 7. The van der Waals surface area contributed by atoms with Crippen molar-refractivity contribution >= 4 is 28.3 Å². The topological polar surface area (TPSA) is 145 Å². The Morgan fingerprint density at radius 1 is 1.26 bits per heavy atom. The van der Waals surface area contributed by atoms with Crippen LogP contribution in [0, 0.1) is 28.4 Å². The summed E-state index contributed by atoms with van der Waals surface area (Å²) in [5.74, 6) is 0.848. The average Bonchev–Trinajstić information content (AvgIpc) is 3.25. The maximum absolute atomic E-state index is 12.6. The molecule has 0 saturated heterocycles. The monoisotopic (exact) mass is 458 g/mol. The number of nitrogens with one attached hydrogen (secondary N) is 1. The zero-order valence-electron chi connectivity index (χ0n) is 18.2. The smallest absolute Gasteiger partial charge is 0.269 e. The lowest BCUT2D eigenvalue weighted by Gasteiger charge is -2.13. The van der Waals surface area contributed by atoms with E-state index < -0.39 is 10.8 Å². The highest BCUT2D eigenvalue weighted by atomic mass is 16.6. The van der Waals surface area contributed by atoms with E-state index in [1.807, 2.05) is 25.1 Å². The van der Waals surface area contributed by atoms with E-state index in [4.69, 9.17) is 9.47 Å². The summed E-state index contributed by atoms with van der Waals surface area (Å²) in [5.41, 5.74) is 1.58. The number of aromatic nitrogens is 3. The van der Waals surface area contributed by atoms with Crippen LogP contribution in [0.25, 0.3) is 16.7 Å². The van der Waals surface area contributed by atoms with Crippen molar-refractivity contribution in [2.45, 2.75) is 6.92 Å². The summed E-state index contributed by atoms with van der Waals surface area (Å²) >= 11 is 0. The lowest BCUT2D eigenvalue weighted by molar-refractivity contribution is -0.384. The maximum Gasteiger partial charge on any atom is 0.269 e. The molecule has 0 fully saturated rings. The van der Waals surface area contributed by atoms with Crippen molar-refractivity contribution in [1.82, 2.24) is 14.8 Å². The third-order valence-electron chi connectivity index (χ3n) is 5.00. The van der Waals surface area contributed by atoms with Crippen LogP contribution in [-0.4, -0.2) is 39.3 Å². The molecule has 0 bridgehead atoms. The molecule has 0 aliphatic heterocycles. The molecule has 1 N–H and O–H groups in total. The second kappa shape index (κ2) is 9.25. The molecule has 11 heteroatoms. The van der Waals surface area contributed by atoms with Crippen molar-refractivity contribution in [2.24, 2.45) is 0 Å². The number of para-hydroxylation sites is 1. The zero-order valence-corrected chi connectivity index (χ0v) is 18.2. The molecule has 0 aliphatic carbocycles. The largest absolute Gasteiger partial charge is 0.494 e. The predicted octanol–water partition coefficient (Wildman–Crippen LogP) is 3.53. The van der Waals surface area contributed by atoms with Gasteiger partial charge in [0, 0.05) is 17.5 Å². The van der Waals surface area contributed by atoms with Gasteiger partial charge in [-0.1, -0.05) is 12.1 Å². The number of ether oxygens (including phenoxy) is 2. The third-order valence-corrected chi connectivity index (χ3v) is 5.00. The SMILES string of the molecule is COc1cccc2c(C)cc(-n3ncc(C#N)c3NC(=O)COc3ccc([N+](=O)[O-])cc3)nc12. The van der Waals surface area contributed by atoms with E-state index in [0.717, 1.165) is 10.9 Å². The van der Waals surface area contributed by atoms with Crippen LogP contribution in [0.2, 0.25) is 0 Å². The van der Waals surface area contributed by atoms with Gasteiger partial charge in [0.05, 0.1) is 18.2 Å². The molecule has 4 aromatic rings. The number of nitrogens with zero attached hydrogens (tertiary/aromatic N) is 5. The number of aryl methyl sites for hydroxylation is 1. The molecule has 1 amide bonds. The Balaban J connectivity index is 1.60. The van der Waals surface area contributed by atoms with E-state index in [-0.39, 0.29) is 29.4 Å². The molecule has 34 heavy (non-hydrogen) atoms. The lowest BCUT2D eigenvalue weighted by Crippen LogP contribution is -2.22. The molecule has 4 rings (SSSR count). The standard InChI is InChI=1S/C23H18N6O5/c1-14-10-20(26-22-18(14)4-3-5-19(22)33-2)28-23(15(11-24)12-25-28)27-21(30)13-34-17-8-6-16(7-9-17)29(31)32/h3-10,12H,13H2,1-2H3,(H,27,30). The van der Waals surface area contributed by atoms with Crippen LogP contribution in [0.5, 0.6) is 11.5 Å². The summed E-state index contributed by atoms with van der Waals surface area (Å²) in [6.45, 7) is 1.53. The van der Waals surface area contributed by atoms with Crippen molar-refractivity contribution in [3.05, 3.63) is 76.0 Å². The number of non-ortho nitro benzene ring substituents is 1. The van der Waals surface area contributed by atoms with Gasteiger partial charge in [-0.3, -0.25) is 14.9 Å². The summed E-state index contributed by atoms with van der Waals surface area (Å²) in [5, 5.41) is 28.0. The number of hydrogen-bond donors (Lipinski definition) is 1. The molecule has 0 atom stereocenters. The highest BCUT2D eigenvalue weighted by Gasteiger charge is 2.18. The molecule has 0 aliphatic rings. The van der Waals surface area contributed by atoms with E-state index in [1.165, 1.54) is 35.1 Å². The minimum absolute atomic E-state index is 0.0887. The van der Waals surface area contributed by atoms with Crippen molar-refractivity contribution < 1.29 is 19.2 Å². The molecule has 2 heterocycles. The second-order valence-corrected chi connectivity index (χ2v) is 7.17. The molecular weight excluding hydrogens is 440 g/mol. The van der Waals surface area contributed by atoms with Gasteiger partial charge in [-0.15, -0.1) is 0 Å². The molecule has 170 valence electrons. The number of nitriles is 1. The number of methoxy groups -OCH3 is 1. The fourth-order valence-electron chi connectivity index (χ4n) is 3.35. The Bertz CT molecular complexity index is 1440. The zero-order chi connectivity index (χ0) is 24.2.